The number of benzene rings is 1. The van der Waals surface area contributed by atoms with Crippen molar-refractivity contribution in [1.29, 1.82) is 0 Å². The molecule has 1 unspecified atom stereocenters. The van der Waals surface area contributed by atoms with Gasteiger partial charge in [-0.15, -0.1) is 0 Å². The summed E-state index contributed by atoms with van der Waals surface area (Å²) in [7, 11) is 0. The molecule has 1 aliphatic carbocycles. The lowest BCUT2D eigenvalue weighted by molar-refractivity contribution is 0.303. The summed E-state index contributed by atoms with van der Waals surface area (Å²) in [4.78, 5) is 0. The second-order valence-electron chi connectivity index (χ2n) is 5.76. The minimum atomic E-state index is 0.178. The Morgan fingerprint density at radius 3 is 2.57 bits per heavy atom. The van der Waals surface area contributed by atoms with E-state index in [0.29, 0.717) is 6.10 Å². The van der Waals surface area contributed by atoms with Crippen molar-refractivity contribution >= 4 is 0 Å². The van der Waals surface area contributed by atoms with E-state index in [1.807, 2.05) is 13.2 Å². The monoisotopic (exact) mass is 285 g/mol. The highest BCUT2D eigenvalue weighted by Crippen LogP contribution is 2.29. The van der Waals surface area contributed by atoms with Gasteiger partial charge in [0.2, 0.25) is 0 Å². The van der Waals surface area contributed by atoms with E-state index in [0.717, 1.165) is 24.5 Å². The third-order valence-corrected chi connectivity index (χ3v) is 3.72. The van der Waals surface area contributed by atoms with Gasteiger partial charge < -0.3 is 14.5 Å². The van der Waals surface area contributed by atoms with E-state index in [1.165, 1.54) is 24.0 Å². The van der Waals surface area contributed by atoms with E-state index in [2.05, 4.69) is 42.6 Å². The maximum absolute atomic E-state index is 5.81. The highest BCUT2D eigenvalue weighted by atomic mass is 16.5. The van der Waals surface area contributed by atoms with Crippen LogP contribution in [0.3, 0.4) is 0 Å². The Morgan fingerprint density at radius 1 is 1.24 bits per heavy atom. The maximum atomic E-state index is 5.81. The SMILES string of the molecule is CCCNC(c1ccc(OC2CC2)cc1)c1coc(C)c1. The van der Waals surface area contributed by atoms with Crippen molar-refractivity contribution in [2.24, 2.45) is 0 Å². The fourth-order valence-electron chi connectivity index (χ4n) is 2.45. The molecule has 3 heteroatoms. The van der Waals surface area contributed by atoms with Gasteiger partial charge in [-0.1, -0.05) is 19.1 Å². The molecule has 1 N–H and O–H groups in total. The Kier molecular flexibility index (Phi) is 4.30. The van der Waals surface area contributed by atoms with Gasteiger partial charge in [-0.3, -0.25) is 0 Å². The molecule has 0 bridgehead atoms. The first-order valence-corrected chi connectivity index (χ1v) is 7.81. The number of furan rings is 1. The maximum Gasteiger partial charge on any atom is 0.119 e. The fraction of sp³-hybridized carbons (Fsp3) is 0.444. The Bertz CT molecular complexity index is 569. The van der Waals surface area contributed by atoms with Crippen LogP contribution in [0.5, 0.6) is 5.75 Å². The largest absolute Gasteiger partial charge is 0.490 e. The quantitative estimate of drug-likeness (QED) is 0.827. The molecule has 112 valence electrons. The molecule has 0 spiro atoms. The number of aryl methyl sites for hydroxylation is 1. The van der Waals surface area contributed by atoms with Crippen LogP contribution in [-0.2, 0) is 0 Å². The summed E-state index contributed by atoms with van der Waals surface area (Å²) in [6.45, 7) is 5.14. The van der Waals surface area contributed by atoms with Crippen LogP contribution in [-0.4, -0.2) is 12.6 Å². The van der Waals surface area contributed by atoms with Gasteiger partial charge in [0.25, 0.3) is 0 Å². The number of hydrogen-bond donors (Lipinski definition) is 1. The molecule has 1 fully saturated rings. The summed E-state index contributed by atoms with van der Waals surface area (Å²) in [5.41, 5.74) is 2.42. The van der Waals surface area contributed by atoms with E-state index in [9.17, 15) is 0 Å². The van der Waals surface area contributed by atoms with Gasteiger partial charge in [-0.25, -0.2) is 0 Å². The molecule has 0 aliphatic heterocycles. The summed E-state index contributed by atoms with van der Waals surface area (Å²) in [6, 6.07) is 10.7. The van der Waals surface area contributed by atoms with Crippen LogP contribution in [0.4, 0.5) is 0 Å². The van der Waals surface area contributed by atoms with Crippen molar-refractivity contribution in [3.8, 4) is 5.75 Å². The molecule has 1 saturated carbocycles. The number of ether oxygens (including phenoxy) is 1. The van der Waals surface area contributed by atoms with Crippen molar-refractivity contribution in [1.82, 2.24) is 5.32 Å². The fourth-order valence-corrected chi connectivity index (χ4v) is 2.45. The van der Waals surface area contributed by atoms with E-state index < -0.39 is 0 Å². The minimum Gasteiger partial charge on any atom is -0.490 e. The Balaban J connectivity index is 1.77. The van der Waals surface area contributed by atoms with Crippen molar-refractivity contribution in [3.05, 3.63) is 53.5 Å². The molecule has 21 heavy (non-hydrogen) atoms. The summed E-state index contributed by atoms with van der Waals surface area (Å²) in [6.07, 6.45) is 5.78. The van der Waals surface area contributed by atoms with Crippen LogP contribution in [0.1, 0.15) is 49.1 Å². The average Bonchev–Trinajstić information content (AvgIpc) is 3.21. The first kappa shape index (κ1) is 14.2. The van der Waals surface area contributed by atoms with Crippen LogP contribution < -0.4 is 10.1 Å². The Morgan fingerprint density at radius 2 is 2.00 bits per heavy atom. The Hall–Kier alpha value is -1.74. The lowest BCUT2D eigenvalue weighted by atomic mass is 10.0. The van der Waals surface area contributed by atoms with Gasteiger partial charge in [-0.2, -0.15) is 0 Å². The molecule has 1 aliphatic rings. The van der Waals surface area contributed by atoms with Crippen LogP contribution in [0.25, 0.3) is 0 Å². The van der Waals surface area contributed by atoms with Crippen LogP contribution in [0.15, 0.2) is 41.0 Å². The van der Waals surface area contributed by atoms with Gasteiger partial charge in [0, 0.05) is 5.56 Å². The third-order valence-electron chi connectivity index (χ3n) is 3.72. The molecule has 0 radical (unpaired) electrons. The van der Waals surface area contributed by atoms with Gasteiger partial charge >= 0.3 is 0 Å². The van der Waals surface area contributed by atoms with Crippen molar-refractivity contribution in [2.45, 2.75) is 45.3 Å². The normalized spacial score (nSPS) is 15.9. The predicted octanol–water partition coefficient (Wildman–Crippen LogP) is 4.22. The highest BCUT2D eigenvalue weighted by Gasteiger charge is 2.23. The summed E-state index contributed by atoms with van der Waals surface area (Å²) in [5, 5.41) is 3.59. The Labute approximate surface area is 126 Å². The van der Waals surface area contributed by atoms with Gasteiger partial charge in [0.1, 0.15) is 11.5 Å². The van der Waals surface area contributed by atoms with Gasteiger partial charge in [-0.05, 0) is 56.5 Å². The standard InChI is InChI=1S/C18H23NO2/c1-3-10-19-18(15-11-13(2)20-12-15)14-4-6-16(7-5-14)21-17-8-9-17/h4-7,11-12,17-19H,3,8-10H2,1-2H3. The summed E-state index contributed by atoms with van der Waals surface area (Å²) < 4.78 is 11.3. The number of nitrogens with one attached hydrogen (secondary N) is 1. The lowest BCUT2D eigenvalue weighted by Gasteiger charge is -2.18. The highest BCUT2D eigenvalue weighted by molar-refractivity contribution is 5.35. The minimum absolute atomic E-state index is 0.178. The molecule has 1 aromatic heterocycles. The van der Waals surface area contributed by atoms with Crippen LogP contribution in [0.2, 0.25) is 0 Å². The van der Waals surface area contributed by atoms with Crippen LogP contribution in [0, 0.1) is 6.92 Å². The van der Waals surface area contributed by atoms with E-state index in [4.69, 9.17) is 9.15 Å². The molecule has 1 heterocycles. The van der Waals surface area contributed by atoms with Gasteiger partial charge in [0.05, 0.1) is 18.4 Å². The molecular formula is C18H23NO2. The first-order valence-electron chi connectivity index (χ1n) is 7.81. The second-order valence-corrected chi connectivity index (χ2v) is 5.76. The van der Waals surface area contributed by atoms with E-state index in [1.54, 1.807) is 0 Å². The predicted molar refractivity (Wildman–Crippen MR) is 83.7 cm³/mol. The van der Waals surface area contributed by atoms with Gasteiger partial charge in [0.15, 0.2) is 0 Å². The van der Waals surface area contributed by atoms with Crippen molar-refractivity contribution in [3.63, 3.8) is 0 Å². The molecule has 1 aromatic carbocycles. The number of rotatable bonds is 7. The lowest BCUT2D eigenvalue weighted by Crippen LogP contribution is -2.22. The zero-order chi connectivity index (χ0) is 14.7. The molecular weight excluding hydrogens is 262 g/mol. The van der Waals surface area contributed by atoms with Crippen molar-refractivity contribution in [2.75, 3.05) is 6.54 Å². The molecule has 1 atom stereocenters. The first-order chi connectivity index (χ1) is 10.3. The summed E-state index contributed by atoms with van der Waals surface area (Å²) in [5.74, 6) is 1.92. The van der Waals surface area contributed by atoms with Crippen LogP contribution >= 0.6 is 0 Å². The molecule has 3 nitrogen and oxygen atoms in total. The van der Waals surface area contributed by atoms with Crippen molar-refractivity contribution < 1.29 is 9.15 Å². The summed E-state index contributed by atoms with van der Waals surface area (Å²) >= 11 is 0. The molecule has 0 amide bonds. The molecule has 0 saturated heterocycles. The molecule has 2 aromatic rings. The van der Waals surface area contributed by atoms with E-state index in [-0.39, 0.29) is 6.04 Å². The second kappa shape index (κ2) is 6.35. The average molecular weight is 285 g/mol. The smallest absolute Gasteiger partial charge is 0.119 e. The zero-order valence-electron chi connectivity index (χ0n) is 12.8. The molecule has 3 rings (SSSR count). The third kappa shape index (κ3) is 3.67. The topological polar surface area (TPSA) is 34.4 Å². The zero-order valence-corrected chi connectivity index (χ0v) is 12.8. The van der Waals surface area contributed by atoms with E-state index >= 15 is 0 Å². The number of hydrogen-bond acceptors (Lipinski definition) is 3.